The van der Waals surface area contributed by atoms with Gasteiger partial charge in [0.2, 0.25) is 0 Å². The average molecular weight is 146 g/mol. The molecule has 0 saturated carbocycles. The molecule has 0 aliphatic rings. The fourth-order valence-electron chi connectivity index (χ4n) is 0.387. The van der Waals surface area contributed by atoms with Crippen LogP contribution in [0.4, 0.5) is 5.82 Å². The molecule has 1 aromatic heterocycles. The molecule has 10 heavy (non-hydrogen) atoms. The molecule has 0 amide bonds. The van der Waals surface area contributed by atoms with E-state index in [4.69, 9.17) is 16.7 Å². The van der Waals surface area contributed by atoms with Gasteiger partial charge in [-0.2, -0.15) is 0 Å². The number of pyridine rings is 1. The highest BCUT2D eigenvalue weighted by Crippen LogP contribution is 2.08. The highest BCUT2D eigenvalue weighted by Gasteiger charge is 1.89. The third-order valence-corrected chi connectivity index (χ3v) is 0.735. The fourth-order valence-corrected chi connectivity index (χ4v) is 0.387. The lowest BCUT2D eigenvalue weighted by molar-refractivity contribution is 0.339. The number of aromatic nitrogens is 1. The molecule has 0 aromatic carbocycles. The molecule has 3 heteroatoms. The monoisotopic (exact) mass is 146 g/mol. The molecular formula is C7H10N2O. The zero-order valence-corrected chi connectivity index (χ0v) is 4.93. The third-order valence-electron chi connectivity index (χ3n) is 0.735. The number of anilines is 1. The Bertz CT molecular complexity index is 471. The van der Waals surface area contributed by atoms with Gasteiger partial charge in [-0.05, 0) is 18.9 Å². The molecule has 0 atom stereocenters. The van der Waals surface area contributed by atoms with E-state index in [0.717, 1.165) is 0 Å². The maximum absolute atomic E-state index is 7.46. The van der Waals surface area contributed by atoms with Gasteiger partial charge in [0.15, 0.2) is 0 Å². The second-order valence-corrected chi connectivity index (χ2v) is 1.39. The van der Waals surface area contributed by atoms with E-state index in [1.54, 1.807) is 0 Å². The van der Waals surface area contributed by atoms with Gasteiger partial charge in [-0.25, -0.2) is 4.98 Å². The van der Waals surface area contributed by atoms with Gasteiger partial charge in [-0.15, -0.1) is 0 Å². The molecule has 0 radical (unpaired) electrons. The molecule has 0 aliphatic heterocycles. The van der Waals surface area contributed by atoms with Crippen molar-refractivity contribution in [3.8, 4) is 5.75 Å². The summed E-state index contributed by atoms with van der Waals surface area (Å²) in [5.74, 6) is -1.11. The van der Waals surface area contributed by atoms with Gasteiger partial charge in [0.25, 0.3) is 0 Å². The Morgan fingerprint density at radius 3 is 3.70 bits per heavy atom. The summed E-state index contributed by atoms with van der Waals surface area (Å²) in [5, 5.41) is 0. The second kappa shape index (κ2) is 3.06. The normalized spacial score (nSPS) is 23.6. The van der Waals surface area contributed by atoms with Crippen molar-refractivity contribution in [3.05, 3.63) is 18.3 Å². The maximum Gasteiger partial charge on any atom is 0.137 e. The summed E-state index contributed by atoms with van der Waals surface area (Å²) < 4.78 is 62.0. The number of hydrogen-bond donors (Lipinski definition) is 1. The van der Waals surface area contributed by atoms with Crippen LogP contribution in [0.15, 0.2) is 18.3 Å². The molecule has 0 saturated heterocycles. The largest absolute Gasteiger partial charge is 0.492 e. The number of nitrogens with two attached hydrogens (primary N) is 1. The Morgan fingerprint density at radius 1 is 2.00 bits per heavy atom. The number of ether oxygens (including phenoxy) is 1. The molecule has 0 bridgehead atoms. The minimum atomic E-state index is -3.10. The van der Waals surface area contributed by atoms with Gasteiger partial charge in [-0.1, -0.05) is 0 Å². The first-order valence-electron chi connectivity index (χ1n) is 6.39. The van der Waals surface area contributed by atoms with E-state index >= 15 is 0 Å². The second-order valence-electron chi connectivity index (χ2n) is 1.39. The van der Waals surface area contributed by atoms with Gasteiger partial charge < -0.3 is 10.5 Å². The van der Waals surface area contributed by atoms with E-state index in [-0.39, 0.29) is 5.82 Å². The van der Waals surface area contributed by atoms with Crippen LogP contribution in [0.5, 0.6) is 5.75 Å². The molecule has 0 aliphatic carbocycles. The Hall–Kier alpha value is -1.25. The quantitative estimate of drug-likeness (QED) is 0.678. The van der Waals surface area contributed by atoms with Gasteiger partial charge >= 0.3 is 0 Å². The van der Waals surface area contributed by atoms with Gasteiger partial charge in [0.1, 0.15) is 11.6 Å². The lowest BCUT2D eigenvalue weighted by Gasteiger charge is -2.00. The van der Waals surface area contributed by atoms with E-state index in [0.29, 0.717) is 0 Å². The molecule has 0 fully saturated rings. The predicted molar refractivity (Wildman–Crippen MR) is 39.8 cm³/mol. The molecule has 1 heterocycles. The smallest absolute Gasteiger partial charge is 0.137 e. The van der Waals surface area contributed by atoms with Crippen LogP contribution < -0.4 is 10.5 Å². The summed E-state index contributed by atoms with van der Waals surface area (Å²) in [5.41, 5.74) is 5.24. The van der Waals surface area contributed by atoms with E-state index in [2.05, 4.69) is 9.72 Å². The summed E-state index contributed by atoms with van der Waals surface area (Å²) in [6.07, 6.45) is -0.693. The molecule has 2 N–H and O–H groups in total. The first-order valence-corrected chi connectivity index (χ1v) is 2.39. The van der Waals surface area contributed by atoms with Crippen molar-refractivity contribution < 1.29 is 15.7 Å². The summed E-state index contributed by atoms with van der Waals surface area (Å²) in [7, 11) is 0. The van der Waals surface area contributed by atoms with E-state index in [1.165, 1.54) is 0 Å². The molecule has 1 aromatic rings. The number of hydrogen-bond acceptors (Lipinski definition) is 3. The molecule has 54 valence electrons. The Balaban J connectivity index is 3.25. The summed E-state index contributed by atoms with van der Waals surface area (Å²) >= 11 is 0. The summed E-state index contributed by atoms with van der Waals surface area (Å²) in [6, 6.07) is -1.23. The molecule has 0 spiro atoms. The minimum Gasteiger partial charge on any atom is -0.492 e. The van der Waals surface area contributed by atoms with Crippen LogP contribution in [-0.4, -0.2) is 11.5 Å². The van der Waals surface area contributed by atoms with Gasteiger partial charge in [0, 0.05) is 4.11 Å². The standard InChI is InChI=1S/C7H10N2O/c1-2-10-6-3-4-7(8)9-5-6/h3-5H,2H2,1H3,(H2,8,9)/i1D3,2D2,3D,4D,5D. The third kappa shape index (κ3) is 1.62. The Morgan fingerprint density at radius 2 is 2.90 bits per heavy atom. The SMILES string of the molecule is [2H]c1nc(N)c([2H])c([2H])c1OC([2H])([2H])C([2H])([2H])[2H]. The Kier molecular flexibility index (Phi) is 0.572. The van der Waals surface area contributed by atoms with Crippen molar-refractivity contribution in [3.63, 3.8) is 0 Å². The molecule has 0 unspecified atom stereocenters. The van der Waals surface area contributed by atoms with Crippen LogP contribution in [-0.2, 0) is 0 Å². The van der Waals surface area contributed by atoms with Crippen molar-refractivity contribution in [1.82, 2.24) is 4.98 Å². The number of rotatable bonds is 2. The van der Waals surface area contributed by atoms with Crippen LogP contribution >= 0.6 is 0 Å². The fraction of sp³-hybridized carbons (Fsp3) is 0.286. The van der Waals surface area contributed by atoms with E-state index in [1.807, 2.05) is 0 Å². The number of nitrogen functional groups attached to an aromatic ring is 1. The van der Waals surface area contributed by atoms with Crippen molar-refractivity contribution >= 4 is 5.82 Å². The zero-order chi connectivity index (χ0) is 14.3. The highest BCUT2D eigenvalue weighted by atomic mass is 16.5. The Labute approximate surface area is 71.1 Å². The van der Waals surface area contributed by atoms with Crippen LogP contribution in [0.1, 0.15) is 17.8 Å². The first kappa shape index (κ1) is 1.87. The number of nitrogens with zero attached hydrogens (tertiary/aromatic N) is 1. The van der Waals surface area contributed by atoms with Gasteiger partial charge in [-0.3, -0.25) is 0 Å². The lowest BCUT2D eigenvalue weighted by atomic mass is 10.4. The summed E-state index contributed by atoms with van der Waals surface area (Å²) in [4.78, 5) is 3.36. The van der Waals surface area contributed by atoms with Crippen molar-refractivity contribution in [1.29, 1.82) is 0 Å². The van der Waals surface area contributed by atoms with Crippen molar-refractivity contribution in [2.24, 2.45) is 0 Å². The van der Waals surface area contributed by atoms with Crippen LogP contribution in [0.25, 0.3) is 0 Å². The molecule has 1 rings (SSSR count). The zero-order valence-electron chi connectivity index (χ0n) is 12.9. The van der Waals surface area contributed by atoms with E-state index in [9.17, 15) is 0 Å². The minimum absolute atomic E-state index is 0.383. The average Bonchev–Trinajstić information content (AvgIpc) is 2.20. The van der Waals surface area contributed by atoms with Gasteiger partial charge in [0.05, 0.1) is 19.6 Å². The van der Waals surface area contributed by atoms with Crippen molar-refractivity contribution in [2.75, 3.05) is 12.3 Å². The highest BCUT2D eigenvalue weighted by molar-refractivity contribution is 5.31. The van der Waals surface area contributed by atoms with E-state index < -0.39 is 37.4 Å². The lowest BCUT2D eigenvalue weighted by Crippen LogP contribution is -1.93. The first-order chi connectivity index (χ1) is 7.97. The topological polar surface area (TPSA) is 48.1 Å². The maximum atomic E-state index is 7.46. The van der Waals surface area contributed by atoms with Crippen LogP contribution in [0.3, 0.4) is 0 Å². The molecule has 3 nitrogen and oxygen atoms in total. The predicted octanol–water partition coefficient (Wildman–Crippen LogP) is 1.06. The summed E-state index contributed by atoms with van der Waals surface area (Å²) in [6.45, 7) is -6.20. The van der Waals surface area contributed by atoms with Crippen LogP contribution in [0, 0.1) is 0 Å². The molecular weight excluding hydrogens is 128 g/mol. The van der Waals surface area contributed by atoms with Crippen LogP contribution in [0.2, 0.25) is 0 Å². The van der Waals surface area contributed by atoms with Crippen molar-refractivity contribution in [2.45, 2.75) is 6.85 Å².